The molecule has 0 fully saturated rings. The van der Waals surface area contributed by atoms with Gasteiger partial charge in [-0.3, -0.25) is 0 Å². The van der Waals surface area contributed by atoms with E-state index < -0.39 is 0 Å². The van der Waals surface area contributed by atoms with Crippen molar-refractivity contribution < 1.29 is 0 Å². The molecule has 1 aliphatic carbocycles. The topological polar surface area (TPSA) is 43.6 Å². The molecular formula is C42H30N4. The van der Waals surface area contributed by atoms with Crippen molar-refractivity contribution in [3.05, 3.63) is 157 Å². The Morgan fingerprint density at radius 1 is 0.435 bits per heavy atom. The Bertz CT molecular complexity index is 2370. The van der Waals surface area contributed by atoms with E-state index in [-0.39, 0.29) is 5.41 Å². The molecule has 2 aromatic heterocycles. The van der Waals surface area contributed by atoms with Gasteiger partial charge in [0.15, 0.2) is 17.5 Å². The fraction of sp³-hybridized carbons (Fsp3) is 0.0714. The molecule has 8 aromatic rings. The molecular weight excluding hydrogens is 560 g/mol. The van der Waals surface area contributed by atoms with Gasteiger partial charge >= 0.3 is 0 Å². The highest BCUT2D eigenvalue weighted by Gasteiger charge is 2.37. The summed E-state index contributed by atoms with van der Waals surface area (Å²) in [5, 5.41) is 2.53. The standard InChI is InChI=1S/C42H30N4/c1-42(2)35-24-29(41-44-39(27-14-6-3-7-15-27)43-40(45-41)28-16-8-4-9-17-28)22-23-31(35)33-25-34-32-20-12-13-21-37(32)46(38(34)26-36(33)42)30-18-10-5-11-19-30/h3-26H,1-2H3. The highest BCUT2D eigenvalue weighted by atomic mass is 15.0. The molecule has 46 heavy (non-hydrogen) atoms. The van der Waals surface area contributed by atoms with Crippen LogP contribution in [0.1, 0.15) is 25.0 Å². The molecule has 4 nitrogen and oxygen atoms in total. The Hall–Kier alpha value is -5.87. The van der Waals surface area contributed by atoms with Crippen molar-refractivity contribution >= 4 is 21.8 Å². The molecule has 4 heteroatoms. The fourth-order valence-corrected chi connectivity index (χ4v) is 7.13. The van der Waals surface area contributed by atoms with Crippen molar-refractivity contribution in [1.29, 1.82) is 0 Å². The zero-order valence-corrected chi connectivity index (χ0v) is 25.6. The molecule has 218 valence electrons. The maximum Gasteiger partial charge on any atom is 0.164 e. The lowest BCUT2D eigenvalue weighted by Crippen LogP contribution is -2.15. The van der Waals surface area contributed by atoms with Gasteiger partial charge in [0.05, 0.1) is 11.0 Å². The molecule has 0 saturated carbocycles. The van der Waals surface area contributed by atoms with E-state index in [0.29, 0.717) is 17.5 Å². The van der Waals surface area contributed by atoms with Gasteiger partial charge in [0, 0.05) is 38.6 Å². The largest absolute Gasteiger partial charge is 0.309 e. The van der Waals surface area contributed by atoms with Crippen molar-refractivity contribution in [3.8, 4) is 51.0 Å². The second-order valence-corrected chi connectivity index (χ2v) is 12.5. The number of hydrogen-bond donors (Lipinski definition) is 0. The summed E-state index contributed by atoms with van der Waals surface area (Å²) in [4.78, 5) is 14.9. The lowest BCUT2D eigenvalue weighted by Gasteiger charge is -2.22. The average Bonchev–Trinajstić information content (AvgIpc) is 3.56. The van der Waals surface area contributed by atoms with E-state index >= 15 is 0 Å². The second-order valence-electron chi connectivity index (χ2n) is 12.5. The van der Waals surface area contributed by atoms with Gasteiger partial charge in [-0.05, 0) is 58.7 Å². The zero-order chi connectivity index (χ0) is 30.8. The van der Waals surface area contributed by atoms with Crippen molar-refractivity contribution in [2.24, 2.45) is 0 Å². The van der Waals surface area contributed by atoms with E-state index in [1.54, 1.807) is 0 Å². The van der Waals surface area contributed by atoms with Crippen LogP contribution < -0.4 is 0 Å². The quantitative estimate of drug-likeness (QED) is 0.205. The van der Waals surface area contributed by atoms with Gasteiger partial charge in [0.25, 0.3) is 0 Å². The summed E-state index contributed by atoms with van der Waals surface area (Å²) in [6, 6.07) is 51.2. The van der Waals surface area contributed by atoms with E-state index in [9.17, 15) is 0 Å². The molecule has 0 saturated heterocycles. The van der Waals surface area contributed by atoms with E-state index in [2.05, 4.69) is 103 Å². The second kappa shape index (κ2) is 10.1. The highest BCUT2D eigenvalue weighted by molar-refractivity contribution is 6.11. The van der Waals surface area contributed by atoms with Crippen LogP contribution in [-0.2, 0) is 5.41 Å². The van der Waals surface area contributed by atoms with Gasteiger partial charge in [-0.1, -0.05) is 123 Å². The first-order chi connectivity index (χ1) is 22.6. The maximum absolute atomic E-state index is 5.01. The fourth-order valence-electron chi connectivity index (χ4n) is 7.13. The minimum absolute atomic E-state index is 0.218. The molecule has 0 aliphatic heterocycles. The van der Waals surface area contributed by atoms with E-state index in [1.165, 1.54) is 49.7 Å². The smallest absolute Gasteiger partial charge is 0.164 e. The van der Waals surface area contributed by atoms with Crippen molar-refractivity contribution in [3.63, 3.8) is 0 Å². The molecule has 0 unspecified atom stereocenters. The van der Waals surface area contributed by atoms with Gasteiger partial charge in [0.2, 0.25) is 0 Å². The van der Waals surface area contributed by atoms with Gasteiger partial charge in [0.1, 0.15) is 0 Å². The third kappa shape index (κ3) is 4.04. The van der Waals surface area contributed by atoms with Crippen LogP contribution in [0.15, 0.2) is 146 Å². The SMILES string of the molecule is CC1(C)c2cc(-c3nc(-c4ccccc4)nc(-c4ccccc4)n3)ccc2-c2cc3c4ccccc4n(-c4ccccc4)c3cc21. The van der Waals surface area contributed by atoms with Crippen LogP contribution in [0.3, 0.4) is 0 Å². The van der Waals surface area contributed by atoms with Crippen molar-refractivity contribution in [2.75, 3.05) is 0 Å². The summed E-state index contributed by atoms with van der Waals surface area (Å²) in [6.07, 6.45) is 0. The van der Waals surface area contributed by atoms with Crippen LogP contribution in [0.5, 0.6) is 0 Å². The third-order valence-electron chi connectivity index (χ3n) is 9.44. The van der Waals surface area contributed by atoms with E-state index in [4.69, 9.17) is 15.0 Å². The lowest BCUT2D eigenvalue weighted by molar-refractivity contribution is 0.661. The number of benzene rings is 6. The monoisotopic (exact) mass is 590 g/mol. The Labute approximate surface area is 267 Å². The first-order valence-electron chi connectivity index (χ1n) is 15.7. The van der Waals surface area contributed by atoms with Gasteiger partial charge in [-0.15, -0.1) is 0 Å². The normalized spacial score (nSPS) is 13.2. The molecule has 0 atom stereocenters. The number of aromatic nitrogens is 4. The zero-order valence-electron chi connectivity index (χ0n) is 25.6. The minimum atomic E-state index is -0.218. The molecule has 2 heterocycles. The number of nitrogens with zero attached hydrogens (tertiary/aromatic N) is 4. The van der Waals surface area contributed by atoms with Crippen LogP contribution >= 0.6 is 0 Å². The minimum Gasteiger partial charge on any atom is -0.309 e. The maximum atomic E-state index is 5.01. The Balaban J connectivity index is 1.23. The number of hydrogen-bond acceptors (Lipinski definition) is 3. The molecule has 9 rings (SSSR count). The summed E-state index contributed by atoms with van der Waals surface area (Å²) >= 11 is 0. The van der Waals surface area contributed by atoms with Crippen LogP contribution in [0.2, 0.25) is 0 Å². The Morgan fingerprint density at radius 2 is 0.978 bits per heavy atom. The number of rotatable bonds is 4. The average molecular weight is 591 g/mol. The summed E-state index contributed by atoms with van der Waals surface area (Å²) in [5.41, 5.74) is 11.5. The summed E-state index contributed by atoms with van der Waals surface area (Å²) in [5.74, 6) is 2.01. The number of fused-ring (bicyclic) bond motifs is 6. The van der Waals surface area contributed by atoms with Crippen molar-refractivity contribution in [1.82, 2.24) is 19.5 Å². The molecule has 0 spiro atoms. The van der Waals surface area contributed by atoms with Gasteiger partial charge < -0.3 is 4.57 Å². The summed E-state index contributed by atoms with van der Waals surface area (Å²) in [6.45, 7) is 4.67. The first-order valence-corrected chi connectivity index (χ1v) is 15.7. The number of para-hydroxylation sites is 2. The van der Waals surface area contributed by atoms with E-state index in [1.807, 2.05) is 60.7 Å². The Kier molecular flexibility index (Phi) is 5.81. The van der Waals surface area contributed by atoms with Crippen LogP contribution in [0.4, 0.5) is 0 Å². The highest BCUT2D eigenvalue weighted by Crippen LogP contribution is 2.51. The molecule has 0 bridgehead atoms. The van der Waals surface area contributed by atoms with Crippen LogP contribution in [0, 0.1) is 0 Å². The lowest BCUT2D eigenvalue weighted by atomic mass is 9.81. The van der Waals surface area contributed by atoms with Crippen LogP contribution in [0.25, 0.3) is 72.8 Å². The molecule has 6 aromatic carbocycles. The van der Waals surface area contributed by atoms with E-state index in [0.717, 1.165) is 16.7 Å². The summed E-state index contributed by atoms with van der Waals surface area (Å²) in [7, 11) is 0. The van der Waals surface area contributed by atoms with Gasteiger partial charge in [-0.2, -0.15) is 0 Å². The predicted octanol–water partition coefficient (Wildman–Crippen LogP) is 10.3. The van der Waals surface area contributed by atoms with Crippen molar-refractivity contribution in [2.45, 2.75) is 19.3 Å². The molecule has 1 aliphatic rings. The summed E-state index contributed by atoms with van der Waals surface area (Å²) < 4.78 is 2.40. The van der Waals surface area contributed by atoms with Crippen LogP contribution in [-0.4, -0.2) is 19.5 Å². The Morgan fingerprint density at radius 3 is 1.63 bits per heavy atom. The van der Waals surface area contributed by atoms with Gasteiger partial charge in [-0.25, -0.2) is 15.0 Å². The molecule has 0 N–H and O–H groups in total. The first kappa shape index (κ1) is 26.5. The molecule has 0 radical (unpaired) electrons. The predicted molar refractivity (Wildman–Crippen MR) is 188 cm³/mol. The third-order valence-corrected chi connectivity index (χ3v) is 9.44. The molecule has 0 amide bonds.